The number of rotatable bonds is 6. The monoisotopic (exact) mass is 297 g/mol. The average Bonchev–Trinajstić information content (AvgIpc) is 2.48. The van der Waals surface area contributed by atoms with Crippen LogP contribution in [0.2, 0.25) is 0 Å². The number of aromatic nitrogens is 2. The molecule has 1 aromatic carbocycles. The van der Waals surface area contributed by atoms with Gasteiger partial charge < -0.3 is 16.8 Å². The van der Waals surface area contributed by atoms with Crippen molar-refractivity contribution in [1.29, 1.82) is 0 Å². The lowest BCUT2D eigenvalue weighted by molar-refractivity contribution is 1.11. The minimum Gasteiger partial charge on any atom is -0.385 e. The summed E-state index contributed by atoms with van der Waals surface area (Å²) in [6, 6.07) is 8.20. The molecule has 0 spiro atoms. The molecule has 5 N–H and O–H groups in total. The number of hydrogen-bond donors (Lipinski definition) is 3. The van der Waals surface area contributed by atoms with E-state index in [1.807, 2.05) is 12.1 Å². The third-order valence-corrected chi connectivity index (χ3v) is 2.94. The van der Waals surface area contributed by atoms with E-state index in [0.717, 1.165) is 12.2 Å². The third-order valence-electron chi connectivity index (χ3n) is 2.94. The van der Waals surface area contributed by atoms with Crippen molar-refractivity contribution in [3.05, 3.63) is 29.8 Å². The number of benzene rings is 1. The molecule has 0 saturated carbocycles. The SMILES string of the molecule is C=Nc1c(N)nc(N)nc1N=CCCNc1ccc(C)cc1. The van der Waals surface area contributed by atoms with Crippen LogP contribution in [0.1, 0.15) is 12.0 Å². The van der Waals surface area contributed by atoms with Gasteiger partial charge in [0.05, 0.1) is 0 Å². The number of nitrogens with zero attached hydrogens (tertiary/aromatic N) is 4. The first-order chi connectivity index (χ1) is 10.6. The highest BCUT2D eigenvalue weighted by Crippen LogP contribution is 2.30. The Bertz CT molecular complexity index is 677. The van der Waals surface area contributed by atoms with Crippen molar-refractivity contribution in [3.8, 4) is 0 Å². The first-order valence-electron chi connectivity index (χ1n) is 6.83. The predicted molar refractivity (Wildman–Crippen MR) is 92.5 cm³/mol. The minimum absolute atomic E-state index is 0.0647. The Hall–Kier alpha value is -2.96. The number of nitrogens with two attached hydrogens (primary N) is 2. The van der Waals surface area contributed by atoms with Crippen LogP contribution in [0.15, 0.2) is 34.3 Å². The van der Waals surface area contributed by atoms with Gasteiger partial charge in [-0.25, -0.2) is 4.99 Å². The zero-order valence-electron chi connectivity index (χ0n) is 12.5. The van der Waals surface area contributed by atoms with Crippen molar-refractivity contribution < 1.29 is 0 Å². The van der Waals surface area contributed by atoms with Gasteiger partial charge in [0.2, 0.25) is 5.95 Å². The van der Waals surface area contributed by atoms with E-state index >= 15 is 0 Å². The van der Waals surface area contributed by atoms with Crippen molar-refractivity contribution in [3.63, 3.8) is 0 Å². The molecule has 0 unspecified atom stereocenters. The summed E-state index contributed by atoms with van der Waals surface area (Å²) in [4.78, 5) is 15.8. The molecule has 0 bridgehead atoms. The van der Waals surface area contributed by atoms with Crippen LogP contribution in [0, 0.1) is 6.92 Å². The van der Waals surface area contributed by atoms with Crippen LogP contribution in [-0.2, 0) is 0 Å². The van der Waals surface area contributed by atoms with Gasteiger partial charge in [0.15, 0.2) is 11.6 Å². The zero-order chi connectivity index (χ0) is 15.9. The van der Waals surface area contributed by atoms with Gasteiger partial charge in [-0.15, -0.1) is 0 Å². The van der Waals surface area contributed by atoms with Crippen LogP contribution in [0.25, 0.3) is 0 Å². The highest BCUT2D eigenvalue weighted by Gasteiger charge is 2.08. The van der Waals surface area contributed by atoms with Crippen molar-refractivity contribution in [2.75, 3.05) is 23.3 Å². The van der Waals surface area contributed by atoms with Gasteiger partial charge >= 0.3 is 0 Å². The van der Waals surface area contributed by atoms with Gasteiger partial charge in [-0.1, -0.05) is 17.7 Å². The molecule has 0 fully saturated rings. The summed E-state index contributed by atoms with van der Waals surface area (Å²) in [5.41, 5.74) is 13.9. The van der Waals surface area contributed by atoms with E-state index in [9.17, 15) is 0 Å². The van der Waals surface area contributed by atoms with Crippen LogP contribution in [0.3, 0.4) is 0 Å². The summed E-state index contributed by atoms with van der Waals surface area (Å²) >= 11 is 0. The van der Waals surface area contributed by atoms with Gasteiger partial charge in [0.25, 0.3) is 0 Å². The summed E-state index contributed by atoms with van der Waals surface area (Å²) in [7, 11) is 0. The van der Waals surface area contributed by atoms with Gasteiger partial charge in [0, 0.05) is 24.9 Å². The highest BCUT2D eigenvalue weighted by molar-refractivity contribution is 5.76. The number of aryl methyl sites for hydroxylation is 1. The molecule has 0 amide bonds. The second-order valence-electron chi connectivity index (χ2n) is 4.69. The Balaban J connectivity index is 1.93. The Morgan fingerprint density at radius 3 is 2.64 bits per heavy atom. The van der Waals surface area contributed by atoms with Gasteiger partial charge in [-0.3, -0.25) is 4.99 Å². The molecule has 2 rings (SSSR count). The molecular weight excluding hydrogens is 278 g/mol. The molecule has 0 radical (unpaired) electrons. The maximum atomic E-state index is 5.70. The van der Waals surface area contributed by atoms with Crippen LogP contribution in [0.4, 0.5) is 29.0 Å². The number of aliphatic imine (C=N–C) groups is 2. The van der Waals surface area contributed by atoms with E-state index in [-0.39, 0.29) is 11.8 Å². The molecule has 0 atom stereocenters. The molecule has 0 aliphatic carbocycles. The smallest absolute Gasteiger partial charge is 0.224 e. The second kappa shape index (κ2) is 7.16. The van der Waals surface area contributed by atoms with Crippen LogP contribution in [-0.4, -0.2) is 29.4 Å². The lowest BCUT2D eigenvalue weighted by Crippen LogP contribution is -2.02. The number of hydrogen-bond acceptors (Lipinski definition) is 7. The highest BCUT2D eigenvalue weighted by atomic mass is 15.1. The van der Waals surface area contributed by atoms with Crippen LogP contribution in [0.5, 0.6) is 0 Å². The normalized spacial score (nSPS) is 10.8. The third kappa shape index (κ3) is 4.02. The number of anilines is 3. The molecule has 0 aliphatic heterocycles. The lowest BCUT2D eigenvalue weighted by Gasteiger charge is -2.05. The molecule has 2 aromatic rings. The minimum atomic E-state index is 0.0647. The molecule has 1 heterocycles. The van der Waals surface area contributed by atoms with Crippen LogP contribution < -0.4 is 16.8 Å². The molecule has 1 aromatic heterocycles. The van der Waals surface area contributed by atoms with E-state index in [0.29, 0.717) is 17.9 Å². The lowest BCUT2D eigenvalue weighted by atomic mass is 10.2. The Morgan fingerprint density at radius 2 is 1.95 bits per heavy atom. The molecule has 114 valence electrons. The van der Waals surface area contributed by atoms with Crippen molar-refractivity contribution in [1.82, 2.24) is 9.97 Å². The van der Waals surface area contributed by atoms with Crippen molar-refractivity contribution in [2.24, 2.45) is 9.98 Å². The Labute approximate surface area is 129 Å². The van der Waals surface area contributed by atoms with E-state index < -0.39 is 0 Å². The van der Waals surface area contributed by atoms with E-state index in [4.69, 9.17) is 11.5 Å². The molecular formula is C15H19N7. The molecule has 22 heavy (non-hydrogen) atoms. The predicted octanol–water partition coefficient (Wildman–Crippen LogP) is 2.49. The topological polar surface area (TPSA) is 115 Å². The fourth-order valence-electron chi connectivity index (χ4n) is 1.82. The summed E-state index contributed by atoms with van der Waals surface area (Å²) in [5, 5.41) is 3.30. The molecule has 0 aliphatic rings. The van der Waals surface area contributed by atoms with E-state index in [1.165, 1.54) is 5.56 Å². The van der Waals surface area contributed by atoms with Gasteiger partial charge in [-0.05, 0) is 25.8 Å². The molecule has 7 nitrogen and oxygen atoms in total. The quantitative estimate of drug-likeness (QED) is 0.559. The van der Waals surface area contributed by atoms with Crippen molar-refractivity contribution >= 4 is 41.9 Å². The maximum Gasteiger partial charge on any atom is 0.224 e. The first-order valence-corrected chi connectivity index (χ1v) is 6.83. The van der Waals surface area contributed by atoms with Gasteiger partial charge in [0.1, 0.15) is 5.69 Å². The van der Waals surface area contributed by atoms with E-state index in [2.05, 4.69) is 51.0 Å². The summed E-state index contributed by atoms with van der Waals surface area (Å²) < 4.78 is 0. The molecule has 0 saturated heterocycles. The molecule has 7 heteroatoms. The fraction of sp³-hybridized carbons (Fsp3) is 0.200. The Kier molecular flexibility index (Phi) is 5.02. The maximum absolute atomic E-state index is 5.70. The number of nitrogen functional groups attached to an aromatic ring is 2. The zero-order valence-corrected chi connectivity index (χ0v) is 12.5. The average molecular weight is 297 g/mol. The summed E-state index contributed by atoms with van der Waals surface area (Å²) in [6.45, 7) is 6.24. The largest absolute Gasteiger partial charge is 0.385 e. The van der Waals surface area contributed by atoms with Gasteiger partial charge in [-0.2, -0.15) is 9.97 Å². The first kappa shape index (κ1) is 15.4. The van der Waals surface area contributed by atoms with Crippen LogP contribution >= 0.6 is 0 Å². The summed E-state index contributed by atoms with van der Waals surface area (Å²) in [5.74, 6) is 0.567. The fourth-order valence-corrected chi connectivity index (χ4v) is 1.82. The standard InChI is InChI=1S/C15H19N7/c1-10-4-6-11(7-5-10)19-8-3-9-20-14-12(18-2)13(16)21-15(17)22-14/h4-7,9,19H,2-3,8H2,1H3,(H4,16,17,21,22). The summed E-state index contributed by atoms with van der Waals surface area (Å²) in [6.07, 6.45) is 2.45. The Morgan fingerprint density at radius 1 is 1.23 bits per heavy atom. The second-order valence-corrected chi connectivity index (χ2v) is 4.69. The number of nitrogens with one attached hydrogen (secondary N) is 1. The van der Waals surface area contributed by atoms with Crippen molar-refractivity contribution in [2.45, 2.75) is 13.3 Å². The van der Waals surface area contributed by atoms with E-state index in [1.54, 1.807) is 6.21 Å².